The van der Waals surface area contributed by atoms with Crippen LogP contribution >= 0.6 is 23.4 Å². The van der Waals surface area contributed by atoms with E-state index in [-0.39, 0.29) is 23.6 Å². The van der Waals surface area contributed by atoms with E-state index in [9.17, 15) is 9.90 Å². The molecule has 1 aromatic carbocycles. The van der Waals surface area contributed by atoms with Crippen molar-refractivity contribution >= 4 is 41.0 Å². The van der Waals surface area contributed by atoms with Gasteiger partial charge >= 0.3 is 5.97 Å². The molecule has 0 radical (unpaired) electrons. The molecule has 0 saturated carbocycles. The topological polar surface area (TPSA) is 91.7 Å². The Morgan fingerprint density at radius 3 is 2.41 bits per heavy atom. The predicted octanol–water partition coefficient (Wildman–Crippen LogP) is 5.45. The second-order valence-electron chi connectivity index (χ2n) is 12.0. The number of hydrogen-bond acceptors (Lipinski definition) is 9. The molecule has 2 aliphatic heterocycles. The number of pyridine rings is 1. The second-order valence-corrected chi connectivity index (χ2v) is 13.5. The average molecular weight is 594 g/mol. The molecule has 2 aromatic heterocycles. The van der Waals surface area contributed by atoms with E-state index in [0.29, 0.717) is 34.8 Å². The molecule has 1 N–H and O–H groups in total. The lowest BCUT2D eigenvalue weighted by Crippen LogP contribution is -2.56. The zero-order chi connectivity index (χ0) is 28.8. The van der Waals surface area contributed by atoms with E-state index >= 15 is 0 Å². The standard InChI is InChI=1S/C31H36ClN5O3S/c1-4-40-29(38)26-28(36-13-10-31(11-14-36)15-20-7-5-6-8-21(20)16-31)34-17-24(35-26)41-23-9-12-33-27(25(23)32)37-18-22(19-37)30(2,3)39/h5-9,12,17,22,39H,4,10-11,13-16,18-19H2,1-3H3. The molecule has 2 saturated heterocycles. The van der Waals surface area contributed by atoms with Gasteiger partial charge in [-0.15, -0.1) is 0 Å². The minimum absolute atomic E-state index is 0.163. The maximum Gasteiger partial charge on any atom is 0.360 e. The summed E-state index contributed by atoms with van der Waals surface area (Å²) in [5.74, 6) is 0.961. The highest BCUT2D eigenvalue weighted by atomic mass is 35.5. The normalized spacial score (nSPS) is 18.4. The fourth-order valence-electron chi connectivity index (χ4n) is 6.23. The van der Waals surface area contributed by atoms with Gasteiger partial charge in [-0.25, -0.2) is 19.7 Å². The Balaban J connectivity index is 1.19. The van der Waals surface area contributed by atoms with Crippen LogP contribution in [-0.2, 0) is 17.6 Å². The molecule has 3 aliphatic rings. The molecule has 8 nitrogen and oxygen atoms in total. The number of esters is 1. The number of fused-ring (bicyclic) bond motifs is 1. The van der Waals surface area contributed by atoms with Crippen molar-refractivity contribution in [2.45, 2.75) is 62.0 Å². The molecule has 41 heavy (non-hydrogen) atoms. The molecule has 6 rings (SSSR count). The number of piperidine rings is 1. The Hall–Kier alpha value is -2.88. The van der Waals surface area contributed by atoms with Crippen LogP contribution in [0.2, 0.25) is 5.02 Å². The summed E-state index contributed by atoms with van der Waals surface area (Å²) >= 11 is 8.14. The van der Waals surface area contributed by atoms with Crippen molar-refractivity contribution in [2.24, 2.45) is 11.3 Å². The molecule has 216 valence electrons. The number of nitrogens with zero attached hydrogens (tertiary/aromatic N) is 5. The average Bonchev–Trinajstić information content (AvgIpc) is 3.27. The first-order chi connectivity index (χ1) is 19.7. The van der Waals surface area contributed by atoms with Gasteiger partial charge in [-0.3, -0.25) is 0 Å². The van der Waals surface area contributed by atoms with Crippen molar-refractivity contribution in [3.05, 3.63) is 64.6 Å². The first kappa shape index (κ1) is 28.2. The maximum absolute atomic E-state index is 13.1. The van der Waals surface area contributed by atoms with E-state index in [1.54, 1.807) is 19.3 Å². The predicted molar refractivity (Wildman–Crippen MR) is 161 cm³/mol. The summed E-state index contributed by atoms with van der Waals surface area (Å²) in [6.07, 6.45) is 7.76. The Bertz CT molecular complexity index is 1420. The van der Waals surface area contributed by atoms with Gasteiger partial charge in [0.05, 0.1) is 23.4 Å². The van der Waals surface area contributed by atoms with Gasteiger partial charge < -0.3 is 19.6 Å². The lowest BCUT2D eigenvalue weighted by molar-refractivity contribution is 0.00437. The first-order valence-electron chi connectivity index (χ1n) is 14.3. The maximum atomic E-state index is 13.1. The monoisotopic (exact) mass is 593 g/mol. The molecular formula is C31H36ClN5O3S. The lowest BCUT2D eigenvalue weighted by atomic mass is 9.76. The summed E-state index contributed by atoms with van der Waals surface area (Å²) in [6, 6.07) is 10.6. The third-order valence-corrected chi connectivity index (χ3v) is 10.3. The van der Waals surface area contributed by atoms with Crippen LogP contribution in [0, 0.1) is 11.3 Å². The molecule has 0 unspecified atom stereocenters. The number of aliphatic hydroxyl groups is 1. The van der Waals surface area contributed by atoms with Crippen LogP contribution in [0.3, 0.4) is 0 Å². The molecule has 0 atom stereocenters. The van der Waals surface area contributed by atoms with Gasteiger partial charge in [0.1, 0.15) is 10.8 Å². The molecule has 3 aromatic rings. The largest absolute Gasteiger partial charge is 0.461 e. The van der Waals surface area contributed by atoms with E-state index < -0.39 is 11.6 Å². The SMILES string of the molecule is CCOC(=O)c1nc(Sc2ccnc(N3CC(C(C)(C)O)C3)c2Cl)cnc1N1CCC2(CC1)Cc1ccccc1C2. The molecule has 4 heterocycles. The van der Waals surface area contributed by atoms with Crippen LogP contribution in [0.4, 0.5) is 11.6 Å². The fraction of sp³-hybridized carbons (Fsp3) is 0.484. The number of carbonyl (C=O) groups excluding carboxylic acids is 1. The van der Waals surface area contributed by atoms with Gasteiger partial charge in [0.15, 0.2) is 11.5 Å². The fourth-order valence-corrected chi connectivity index (χ4v) is 7.35. The number of anilines is 2. The van der Waals surface area contributed by atoms with E-state index in [1.807, 2.05) is 19.9 Å². The van der Waals surface area contributed by atoms with E-state index in [2.05, 4.69) is 39.0 Å². The van der Waals surface area contributed by atoms with E-state index in [0.717, 1.165) is 43.7 Å². The third-order valence-electron chi connectivity index (χ3n) is 8.80. The summed E-state index contributed by atoms with van der Waals surface area (Å²) in [6.45, 7) is 8.74. The first-order valence-corrected chi connectivity index (χ1v) is 15.5. The summed E-state index contributed by atoms with van der Waals surface area (Å²) < 4.78 is 5.39. The van der Waals surface area contributed by atoms with Gasteiger partial charge in [0.25, 0.3) is 0 Å². The van der Waals surface area contributed by atoms with Crippen LogP contribution < -0.4 is 9.80 Å². The van der Waals surface area contributed by atoms with Gasteiger partial charge in [0, 0.05) is 43.2 Å². The molecular weight excluding hydrogens is 558 g/mol. The minimum atomic E-state index is -0.743. The highest BCUT2D eigenvalue weighted by Gasteiger charge is 2.41. The smallest absolute Gasteiger partial charge is 0.360 e. The summed E-state index contributed by atoms with van der Waals surface area (Å²) in [5.41, 5.74) is 2.72. The summed E-state index contributed by atoms with van der Waals surface area (Å²) in [4.78, 5) is 32.1. The highest BCUT2D eigenvalue weighted by molar-refractivity contribution is 7.99. The number of rotatable bonds is 7. The van der Waals surface area contributed by atoms with Crippen LogP contribution in [0.1, 0.15) is 55.2 Å². The molecule has 1 aliphatic carbocycles. The Morgan fingerprint density at radius 1 is 1.10 bits per heavy atom. The van der Waals surface area contributed by atoms with Crippen LogP contribution in [0.25, 0.3) is 0 Å². The zero-order valence-corrected chi connectivity index (χ0v) is 25.3. The highest BCUT2D eigenvalue weighted by Crippen LogP contribution is 2.45. The summed E-state index contributed by atoms with van der Waals surface area (Å²) in [7, 11) is 0. The van der Waals surface area contributed by atoms with Crippen molar-refractivity contribution in [1.29, 1.82) is 0 Å². The van der Waals surface area contributed by atoms with Crippen molar-refractivity contribution < 1.29 is 14.6 Å². The quantitative estimate of drug-likeness (QED) is 0.359. The molecule has 0 amide bonds. The van der Waals surface area contributed by atoms with Crippen LogP contribution in [0.5, 0.6) is 0 Å². The number of hydrogen-bond donors (Lipinski definition) is 1. The molecule has 10 heteroatoms. The van der Waals surface area contributed by atoms with E-state index in [1.165, 1.54) is 22.9 Å². The minimum Gasteiger partial charge on any atom is -0.461 e. The van der Waals surface area contributed by atoms with Crippen molar-refractivity contribution in [1.82, 2.24) is 15.0 Å². The van der Waals surface area contributed by atoms with E-state index in [4.69, 9.17) is 26.3 Å². The number of halogens is 1. The van der Waals surface area contributed by atoms with Crippen LogP contribution in [0.15, 0.2) is 52.6 Å². The number of ether oxygens (including phenoxy) is 1. The van der Waals surface area contributed by atoms with Crippen LogP contribution in [-0.4, -0.2) is 64.4 Å². The number of carbonyl (C=O) groups is 1. The Morgan fingerprint density at radius 2 is 1.78 bits per heavy atom. The van der Waals surface area contributed by atoms with Gasteiger partial charge in [-0.1, -0.05) is 47.6 Å². The van der Waals surface area contributed by atoms with Gasteiger partial charge in [0.2, 0.25) is 0 Å². The number of aromatic nitrogens is 3. The Labute approximate surface area is 250 Å². The van der Waals surface area contributed by atoms with Crippen molar-refractivity contribution in [3.63, 3.8) is 0 Å². The lowest BCUT2D eigenvalue weighted by Gasteiger charge is -2.46. The summed E-state index contributed by atoms with van der Waals surface area (Å²) in [5, 5.41) is 11.4. The molecule has 2 fully saturated rings. The number of benzene rings is 1. The zero-order valence-electron chi connectivity index (χ0n) is 23.8. The molecule has 0 bridgehead atoms. The Kier molecular flexibility index (Phi) is 7.63. The van der Waals surface area contributed by atoms with Crippen molar-refractivity contribution in [2.75, 3.05) is 42.6 Å². The van der Waals surface area contributed by atoms with Gasteiger partial charge in [-0.05, 0) is 69.1 Å². The third kappa shape index (κ3) is 5.64. The molecule has 1 spiro atoms. The second kappa shape index (κ2) is 11.1. The van der Waals surface area contributed by atoms with Crippen molar-refractivity contribution in [3.8, 4) is 0 Å². The van der Waals surface area contributed by atoms with Gasteiger partial charge in [-0.2, -0.15) is 0 Å².